The van der Waals surface area contributed by atoms with Crippen LogP contribution in [0.25, 0.3) is 11.2 Å². The molecule has 2 aromatic heterocycles. The fraction of sp³-hybridized carbons (Fsp3) is 0.583. The summed E-state index contributed by atoms with van der Waals surface area (Å²) < 4.78 is 12.2. The first-order chi connectivity index (χ1) is 10.2. The van der Waals surface area contributed by atoms with Gasteiger partial charge in [0, 0.05) is 14.2 Å². The van der Waals surface area contributed by atoms with Crippen molar-refractivity contribution in [1.82, 2.24) is 19.5 Å². The van der Waals surface area contributed by atoms with Crippen LogP contribution in [0.5, 0.6) is 0 Å². The standard InChI is InChI=1S/C12H17N5O4/c1-13-10-7-11(15-4-14-10)17(5-16-7)12-9(19)8(18)6(21-12)3-20-2/h4-6,8-9,12,18-19H,3H2,1-2H3,(H,13,14,15)/t6-,8?,9?,12-/m1/s1. The lowest BCUT2D eigenvalue weighted by Gasteiger charge is -2.16. The summed E-state index contributed by atoms with van der Waals surface area (Å²) in [6.07, 6.45) is -0.580. The molecular weight excluding hydrogens is 278 g/mol. The summed E-state index contributed by atoms with van der Waals surface area (Å²) in [5.74, 6) is 0.584. The van der Waals surface area contributed by atoms with Crippen molar-refractivity contribution in [2.75, 3.05) is 26.1 Å². The predicted molar refractivity (Wildman–Crippen MR) is 72.7 cm³/mol. The second-order valence-corrected chi connectivity index (χ2v) is 4.80. The van der Waals surface area contributed by atoms with Crippen LogP contribution in [0.2, 0.25) is 0 Å². The molecule has 1 aliphatic rings. The topological polar surface area (TPSA) is 115 Å². The van der Waals surface area contributed by atoms with Crippen LogP contribution in [0.15, 0.2) is 12.7 Å². The van der Waals surface area contributed by atoms with Gasteiger partial charge in [-0.15, -0.1) is 0 Å². The predicted octanol–water partition coefficient (Wildman–Crippen LogP) is -0.866. The monoisotopic (exact) mass is 295 g/mol. The van der Waals surface area contributed by atoms with E-state index in [9.17, 15) is 10.2 Å². The zero-order chi connectivity index (χ0) is 15.0. The van der Waals surface area contributed by atoms with Crippen LogP contribution >= 0.6 is 0 Å². The van der Waals surface area contributed by atoms with E-state index in [-0.39, 0.29) is 6.61 Å². The summed E-state index contributed by atoms with van der Waals surface area (Å²) >= 11 is 0. The molecule has 1 aliphatic heterocycles. The second kappa shape index (κ2) is 5.53. The largest absolute Gasteiger partial charge is 0.387 e. The first-order valence-electron chi connectivity index (χ1n) is 6.53. The van der Waals surface area contributed by atoms with Crippen LogP contribution in [0.4, 0.5) is 5.82 Å². The fourth-order valence-electron chi connectivity index (χ4n) is 2.48. The summed E-state index contributed by atoms with van der Waals surface area (Å²) in [5.41, 5.74) is 1.09. The highest BCUT2D eigenvalue weighted by Gasteiger charge is 2.44. The van der Waals surface area contributed by atoms with E-state index >= 15 is 0 Å². The van der Waals surface area contributed by atoms with Gasteiger partial charge in [0.05, 0.1) is 12.9 Å². The SMILES string of the molecule is CNc1ncnc2c1ncn2[C@@H]1O[C@H](COC)C(O)C1O. The van der Waals surface area contributed by atoms with Gasteiger partial charge in [-0.25, -0.2) is 15.0 Å². The van der Waals surface area contributed by atoms with E-state index in [1.165, 1.54) is 19.8 Å². The van der Waals surface area contributed by atoms with Crippen LogP contribution in [0, 0.1) is 0 Å². The van der Waals surface area contributed by atoms with Gasteiger partial charge in [-0.05, 0) is 0 Å². The molecule has 0 spiro atoms. The minimum Gasteiger partial charge on any atom is -0.387 e. The molecule has 1 fully saturated rings. The van der Waals surface area contributed by atoms with Crippen LogP contribution in [0.1, 0.15) is 6.23 Å². The quantitative estimate of drug-likeness (QED) is 0.667. The molecule has 0 aromatic carbocycles. The number of anilines is 1. The smallest absolute Gasteiger partial charge is 0.167 e. The van der Waals surface area contributed by atoms with Gasteiger partial charge in [0.1, 0.15) is 30.2 Å². The molecule has 9 nitrogen and oxygen atoms in total. The maximum atomic E-state index is 10.2. The first kappa shape index (κ1) is 14.1. The Morgan fingerprint density at radius 1 is 1.33 bits per heavy atom. The molecule has 4 atom stereocenters. The van der Waals surface area contributed by atoms with Gasteiger partial charge in [0.2, 0.25) is 0 Å². The normalized spacial score (nSPS) is 29.1. The number of aliphatic hydroxyl groups is 2. The van der Waals surface area contributed by atoms with Crippen molar-refractivity contribution in [3.63, 3.8) is 0 Å². The average molecular weight is 295 g/mol. The van der Waals surface area contributed by atoms with Gasteiger partial charge in [0.15, 0.2) is 17.7 Å². The minimum absolute atomic E-state index is 0.193. The number of nitrogens with one attached hydrogen (secondary N) is 1. The summed E-state index contributed by atoms with van der Waals surface area (Å²) in [5, 5.41) is 23.1. The van der Waals surface area contributed by atoms with E-state index < -0.39 is 24.5 Å². The van der Waals surface area contributed by atoms with Crippen LogP contribution < -0.4 is 5.32 Å². The Hall–Kier alpha value is -1.81. The average Bonchev–Trinajstić information content (AvgIpc) is 3.04. The lowest BCUT2D eigenvalue weighted by atomic mass is 10.1. The third-order valence-corrected chi connectivity index (χ3v) is 3.54. The number of imidazole rings is 1. The third-order valence-electron chi connectivity index (χ3n) is 3.54. The molecular formula is C12H17N5O4. The highest BCUT2D eigenvalue weighted by molar-refractivity contribution is 5.82. The van der Waals surface area contributed by atoms with E-state index in [1.54, 1.807) is 11.6 Å². The molecule has 3 heterocycles. The van der Waals surface area contributed by atoms with Gasteiger partial charge < -0.3 is 25.0 Å². The number of ether oxygens (including phenoxy) is 2. The zero-order valence-corrected chi connectivity index (χ0v) is 11.7. The van der Waals surface area contributed by atoms with Crippen molar-refractivity contribution in [2.24, 2.45) is 0 Å². The lowest BCUT2D eigenvalue weighted by molar-refractivity contribution is -0.0580. The van der Waals surface area contributed by atoms with Gasteiger partial charge in [-0.3, -0.25) is 4.57 Å². The summed E-state index contributed by atoms with van der Waals surface area (Å²) in [4.78, 5) is 12.5. The number of nitrogens with zero attached hydrogens (tertiary/aromatic N) is 4. The number of aliphatic hydroxyl groups excluding tert-OH is 2. The molecule has 9 heteroatoms. The van der Waals surface area contributed by atoms with Gasteiger partial charge >= 0.3 is 0 Å². The van der Waals surface area contributed by atoms with Crippen LogP contribution in [-0.2, 0) is 9.47 Å². The van der Waals surface area contributed by atoms with E-state index in [1.807, 2.05) is 0 Å². The van der Waals surface area contributed by atoms with Crippen molar-refractivity contribution >= 4 is 17.0 Å². The Bertz CT molecular complexity index is 633. The molecule has 3 rings (SSSR count). The van der Waals surface area contributed by atoms with E-state index in [2.05, 4.69) is 20.3 Å². The number of aromatic nitrogens is 4. The van der Waals surface area contributed by atoms with E-state index in [4.69, 9.17) is 9.47 Å². The maximum Gasteiger partial charge on any atom is 0.167 e. The number of rotatable bonds is 4. The van der Waals surface area contributed by atoms with Gasteiger partial charge in [0.25, 0.3) is 0 Å². The molecule has 0 bridgehead atoms. The third kappa shape index (κ3) is 2.23. The molecule has 114 valence electrons. The van der Waals surface area contributed by atoms with Crippen molar-refractivity contribution in [2.45, 2.75) is 24.5 Å². The first-order valence-corrected chi connectivity index (χ1v) is 6.53. The van der Waals surface area contributed by atoms with E-state index in [0.29, 0.717) is 17.0 Å². The number of hydrogen-bond acceptors (Lipinski definition) is 8. The van der Waals surface area contributed by atoms with Crippen molar-refractivity contribution in [3.8, 4) is 0 Å². The zero-order valence-electron chi connectivity index (χ0n) is 11.7. The number of methoxy groups -OCH3 is 1. The Kier molecular flexibility index (Phi) is 3.72. The van der Waals surface area contributed by atoms with E-state index in [0.717, 1.165) is 0 Å². The van der Waals surface area contributed by atoms with Gasteiger partial charge in [-0.2, -0.15) is 0 Å². The second-order valence-electron chi connectivity index (χ2n) is 4.80. The molecule has 0 radical (unpaired) electrons. The lowest BCUT2D eigenvalue weighted by Crippen LogP contribution is -2.33. The summed E-state index contributed by atoms with van der Waals surface area (Å²) in [6.45, 7) is 0.193. The molecule has 0 amide bonds. The maximum absolute atomic E-state index is 10.2. The molecule has 2 unspecified atom stereocenters. The highest BCUT2D eigenvalue weighted by Crippen LogP contribution is 2.32. The molecule has 1 saturated heterocycles. The van der Waals surface area contributed by atoms with Crippen molar-refractivity contribution in [1.29, 1.82) is 0 Å². The van der Waals surface area contributed by atoms with Gasteiger partial charge in [-0.1, -0.05) is 0 Å². The molecule has 3 N–H and O–H groups in total. The fourth-order valence-corrected chi connectivity index (χ4v) is 2.48. The Labute approximate surface area is 120 Å². The minimum atomic E-state index is -1.09. The van der Waals surface area contributed by atoms with Crippen molar-refractivity contribution in [3.05, 3.63) is 12.7 Å². The number of fused-ring (bicyclic) bond motifs is 1. The molecule has 0 aliphatic carbocycles. The Morgan fingerprint density at radius 3 is 2.86 bits per heavy atom. The van der Waals surface area contributed by atoms with Crippen molar-refractivity contribution < 1.29 is 19.7 Å². The molecule has 2 aromatic rings. The Morgan fingerprint density at radius 2 is 2.14 bits per heavy atom. The van der Waals surface area contributed by atoms with Crippen LogP contribution in [-0.4, -0.2) is 68.8 Å². The number of hydrogen-bond donors (Lipinski definition) is 3. The summed E-state index contributed by atoms with van der Waals surface area (Å²) in [7, 11) is 3.24. The molecule has 21 heavy (non-hydrogen) atoms. The molecule has 0 saturated carbocycles. The Balaban J connectivity index is 1.98. The summed E-state index contributed by atoms with van der Waals surface area (Å²) in [6, 6.07) is 0. The van der Waals surface area contributed by atoms with Crippen LogP contribution in [0.3, 0.4) is 0 Å². The highest BCUT2D eigenvalue weighted by atomic mass is 16.6.